The number of anilines is 2. The Kier molecular flexibility index (Phi) is 4.87. The first-order chi connectivity index (χ1) is 13.2. The fourth-order valence-electron chi connectivity index (χ4n) is 3.35. The van der Waals surface area contributed by atoms with Gasteiger partial charge in [-0.1, -0.05) is 12.1 Å². The lowest BCUT2D eigenvalue weighted by Gasteiger charge is -2.22. The van der Waals surface area contributed by atoms with E-state index in [0.29, 0.717) is 0 Å². The number of pyridine rings is 1. The molecule has 0 fully saturated rings. The van der Waals surface area contributed by atoms with Crippen LogP contribution < -0.4 is 9.80 Å². The van der Waals surface area contributed by atoms with E-state index >= 15 is 0 Å². The maximum Gasteiger partial charge on any atom is 0.414 e. The molecule has 1 aromatic carbocycles. The van der Waals surface area contributed by atoms with Crippen molar-refractivity contribution in [3.8, 4) is 0 Å². The topological polar surface area (TPSA) is 58.0 Å². The fourth-order valence-corrected chi connectivity index (χ4v) is 3.35. The van der Waals surface area contributed by atoms with E-state index < -0.39 is 0 Å². The second-order valence-corrected chi connectivity index (χ2v) is 6.70. The van der Waals surface area contributed by atoms with Crippen molar-refractivity contribution in [2.75, 3.05) is 29.9 Å². The highest BCUT2D eigenvalue weighted by Crippen LogP contribution is 2.33. The third-order valence-corrected chi connectivity index (χ3v) is 4.90. The summed E-state index contributed by atoms with van der Waals surface area (Å²) in [7, 11) is 1.74. The molecule has 0 saturated heterocycles. The molecule has 138 valence electrons. The van der Waals surface area contributed by atoms with Gasteiger partial charge in [-0.3, -0.25) is 14.9 Å². The zero-order valence-electron chi connectivity index (χ0n) is 15.3. The van der Waals surface area contributed by atoms with Crippen LogP contribution in [-0.2, 0) is 17.8 Å². The molecule has 4 rings (SSSR count). The van der Waals surface area contributed by atoms with Crippen LogP contribution in [0.1, 0.15) is 17.5 Å². The highest BCUT2D eigenvalue weighted by Gasteiger charge is 2.22. The van der Waals surface area contributed by atoms with Gasteiger partial charge in [0.2, 0.25) is 0 Å². The van der Waals surface area contributed by atoms with Gasteiger partial charge in [0.15, 0.2) is 0 Å². The van der Waals surface area contributed by atoms with Crippen LogP contribution in [0.2, 0.25) is 0 Å². The average Bonchev–Trinajstić information content (AvgIpc) is 3.36. The monoisotopic (exact) mass is 362 g/mol. The summed E-state index contributed by atoms with van der Waals surface area (Å²) in [5, 5.41) is 0. The highest BCUT2D eigenvalue weighted by atomic mass is 16.6. The summed E-state index contributed by atoms with van der Waals surface area (Å²) < 4.78 is 5.42. The van der Waals surface area contributed by atoms with Gasteiger partial charge < -0.3 is 9.64 Å². The number of carbonyl (C=O) groups is 1. The van der Waals surface area contributed by atoms with E-state index in [1.54, 1.807) is 24.3 Å². The van der Waals surface area contributed by atoms with Crippen molar-refractivity contribution >= 4 is 23.7 Å². The van der Waals surface area contributed by atoms with Crippen molar-refractivity contribution < 1.29 is 9.53 Å². The van der Waals surface area contributed by atoms with Gasteiger partial charge >= 0.3 is 6.09 Å². The van der Waals surface area contributed by atoms with Crippen LogP contribution in [0.5, 0.6) is 0 Å². The Morgan fingerprint density at radius 3 is 2.89 bits per heavy atom. The molecule has 2 aliphatic rings. The summed E-state index contributed by atoms with van der Waals surface area (Å²) in [5.74, 6) is 0. The lowest BCUT2D eigenvalue weighted by Crippen LogP contribution is -2.27. The summed E-state index contributed by atoms with van der Waals surface area (Å²) in [6.07, 6.45) is 9.03. The van der Waals surface area contributed by atoms with Crippen LogP contribution in [-0.4, -0.2) is 37.4 Å². The Morgan fingerprint density at radius 1 is 1.26 bits per heavy atom. The van der Waals surface area contributed by atoms with Gasteiger partial charge in [-0.05, 0) is 41.8 Å². The summed E-state index contributed by atoms with van der Waals surface area (Å²) in [4.78, 5) is 24.7. The zero-order chi connectivity index (χ0) is 18.6. The second kappa shape index (κ2) is 7.61. The first kappa shape index (κ1) is 17.3. The van der Waals surface area contributed by atoms with Gasteiger partial charge in [0, 0.05) is 50.0 Å². The molecule has 0 unspecified atom stereocenters. The average molecular weight is 362 g/mol. The van der Waals surface area contributed by atoms with Crippen molar-refractivity contribution in [2.45, 2.75) is 19.4 Å². The predicted molar refractivity (Wildman–Crippen MR) is 106 cm³/mol. The van der Waals surface area contributed by atoms with Crippen molar-refractivity contribution in [3.63, 3.8) is 0 Å². The number of amides is 1. The van der Waals surface area contributed by atoms with Crippen LogP contribution in [0.15, 0.2) is 59.5 Å². The summed E-state index contributed by atoms with van der Waals surface area (Å²) in [6.45, 7) is 2.01. The van der Waals surface area contributed by atoms with Gasteiger partial charge in [0.25, 0.3) is 0 Å². The maximum absolute atomic E-state index is 12.4. The van der Waals surface area contributed by atoms with Crippen LogP contribution in [0, 0.1) is 0 Å². The van der Waals surface area contributed by atoms with Crippen LogP contribution in [0.3, 0.4) is 0 Å². The minimum absolute atomic E-state index is 0.231. The maximum atomic E-state index is 12.4. The molecule has 6 heteroatoms. The van der Waals surface area contributed by atoms with Gasteiger partial charge in [-0.25, -0.2) is 4.79 Å². The number of ether oxygens (including phenoxy) is 1. The first-order valence-electron chi connectivity index (χ1n) is 9.09. The van der Waals surface area contributed by atoms with E-state index in [0.717, 1.165) is 42.9 Å². The number of hydrogen-bond acceptors (Lipinski definition) is 5. The molecule has 3 heterocycles. The van der Waals surface area contributed by atoms with Crippen molar-refractivity contribution in [2.24, 2.45) is 4.99 Å². The van der Waals surface area contributed by atoms with Gasteiger partial charge in [-0.2, -0.15) is 0 Å². The van der Waals surface area contributed by atoms with E-state index in [4.69, 9.17) is 4.74 Å². The standard InChI is InChI=1S/C21H22N4O2/c1-24(21(26)27-15-16-6-10-22-11-7-16)19-5-4-17-8-12-25(20(17)13-19)14-18-3-2-9-23-18/h3-7,9-11,13H,2,8,12,14-15H2,1H3. The number of hydrogen-bond donors (Lipinski definition) is 0. The Labute approximate surface area is 158 Å². The number of rotatable bonds is 5. The van der Waals surface area contributed by atoms with Gasteiger partial charge in [0.05, 0.1) is 12.2 Å². The Bertz CT molecular complexity index is 892. The van der Waals surface area contributed by atoms with Crippen molar-refractivity contribution in [1.82, 2.24) is 4.98 Å². The largest absolute Gasteiger partial charge is 0.444 e. The summed E-state index contributed by atoms with van der Waals surface area (Å²) in [6, 6.07) is 9.81. The van der Waals surface area contributed by atoms with Crippen molar-refractivity contribution in [1.29, 1.82) is 0 Å². The Balaban J connectivity index is 1.44. The molecule has 0 atom stereocenters. The minimum Gasteiger partial charge on any atom is -0.444 e. The number of allylic oxidation sites excluding steroid dienone is 1. The fraction of sp³-hybridized carbons (Fsp3) is 0.286. The predicted octanol–water partition coefficient (Wildman–Crippen LogP) is 3.58. The molecule has 0 radical (unpaired) electrons. The van der Waals surface area contributed by atoms with E-state index in [-0.39, 0.29) is 12.7 Å². The minimum atomic E-state index is -0.376. The smallest absolute Gasteiger partial charge is 0.414 e. The van der Waals surface area contributed by atoms with E-state index in [9.17, 15) is 4.79 Å². The second-order valence-electron chi connectivity index (χ2n) is 6.70. The van der Waals surface area contributed by atoms with Crippen molar-refractivity contribution in [3.05, 3.63) is 65.6 Å². The summed E-state index contributed by atoms with van der Waals surface area (Å²) in [5.41, 5.74) is 5.32. The number of aromatic nitrogens is 1. The molecule has 0 aliphatic carbocycles. The summed E-state index contributed by atoms with van der Waals surface area (Å²) >= 11 is 0. The lowest BCUT2D eigenvalue weighted by atomic mass is 10.1. The molecule has 2 aromatic rings. The quantitative estimate of drug-likeness (QED) is 0.816. The van der Waals surface area contributed by atoms with E-state index in [1.165, 1.54) is 11.3 Å². The molecule has 0 N–H and O–H groups in total. The molecule has 0 bridgehead atoms. The third kappa shape index (κ3) is 3.84. The van der Waals surface area contributed by atoms with E-state index in [1.807, 2.05) is 24.4 Å². The van der Waals surface area contributed by atoms with Crippen LogP contribution >= 0.6 is 0 Å². The lowest BCUT2D eigenvalue weighted by molar-refractivity contribution is 0.148. The number of benzene rings is 1. The van der Waals surface area contributed by atoms with E-state index in [2.05, 4.69) is 33.1 Å². The Morgan fingerprint density at radius 2 is 2.11 bits per heavy atom. The number of nitrogens with zero attached hydrogens (tertiary/aromatic N) is 4. The first-order valence-corrected chi connectivity index (χ1v) is 9.09. The number of carbonyl (C=O) groups excluding carboxylic acids is 1. The number of fused-ring (bicyclic) bond motifs is 1. The molecular weight excluding hydrogens is 340 g/mol. The van der Waals surface area contributed by atoms with Crippen LogP contribution in [0.4, 0.5) is 16.2 Å². The third-order valence-electron chi connectivity index (χ3n) is 4.90. The van der Waals surface area contributed by atoms with Gasteiger partial charge in [0.1, 0.15) is 6.61 Å². The molecule has 0 spiro atoms. The SMILES string of the molecule is CN(C(=O)OCc1ccncc1)c1ccc2c(c1)N(CC1=CCC=N1)CC2. The van der Waals surface area contributed by atoms with Crippen LogP contribution in [0.25, 0.3) is 0 Å². The molecule has 2 aliphatic heterocycles. The molecule has 0 saturated carbocycles. The molecule has 1 aromatic heterocycles. The van der Waals surface area contributed by atoms with Gasteiger partial charge in [-0.15, -0.1) is 0 Å². The normalized spacial score (nSPS) is 14.9. The number of aliphatic imine (C=N–C) groups is 1. The highest BCUT2D eigenvalue weighted by molar-refractivity contribution is 5.88. The zero-order valence-corrected chi connectivity index (χ0v) is 15.3. The molecule has 1 amide bonds. The molecule has 6 nitrogen and oxygen atoms in total. The Hall–Kier alpha value is -3.15. The molecular formula is C21H22N4O2. The molecule has 27 heavy (non-hydrogen) atoms.